The van der Waals surface area contributed by atoms with Crippen molar-refractivity contribution in [3.8, 4) is 5.75 Å². The van der Waals surface area contributed by atoms with E-state index in [1.165, 1.54) is 38.2 Å². The Morgan fingerprint density at radius 2 is 1.86 bits per heavy atom. The minimum atomic E-state index is -0.641. The number of fused-ring (bicyclic) bond motifs is 4. The number of nitrogens with zero attached hydrogens (tertiary/aromatic N) is 6. The largest absolute Gasteiger partial charge is 0.489 e. The predicted octanol–water partition coefficient (Wildman–Crippen LogP) is 4.75. The highest BCUT2D eigenvalue weighted by molar-refractivity contribution is 5.92. The Kier molecular flexibility index (Phi) is 7.25. The van der Waals surface area contributed by atoms with Gasteiger partial charge < -0.3 is 29.7 Å². The quantitative estimate of drug-likeness (QED) is 0.445. The Balaban J connectivity index is 1.05. The summed E-state index contributed by atoms with van der Waals surface area (Å²) < 4.78 is 38.4. The van der Waals surface area contributed by atoms with Crippen LogP contribution in [0.4, 0.5) is 20.2 Å². The zero-order chi connectivity index (χ0) is 29.8. The fraction of sp³-hybridized carbons (Fsp3) is 0.500. The maximum Gasteiger partial charge on any atom is 0.194 e. The second-order valence-corrected chi connectivity index (χ2v) is 12.5. The summed E-state index contributed by atoms with van der Waals surface area (Å²) in [5.74, 6) is 0.513. The van der Waals surface area contributed by atoms with E-state index in [0.29, 0.717) is 35.6 Å². The number of nitrogens with one attached hydrogen (secondary N) is 2. The van der Waals surface area contributed by atoms with Gasteiger partial charge in [-0.2, -0.15) is 0 Å². The molecule has 1 unspecified atom stereocenters. The predicted molar refractivity (Wildman–Crippen MR) is 167 cm³/mol. The van der Waals surface area contributed by atoms with Gasteiger partial charge in [-0.15, -0.1) is 0 Å². The molecule has 2 fully saturated rings. The number of rotatable bonds is 5. The zero-order valence-corrected chi connectivity index (χ0v) is 25.3. The summed E-state index contributed by atoms with van der Waals surface area (Å²) in [4.78, 5) is 16.3. The van der Waals surface area contributed by atoms with E-state index in [9.17, 15) is 0 Å². The van der Waals surface area contributed by atoms with Crippen molar-refractivity contribution in [1.82, 2.24) is 24.7 Å². The van der Waals surface area contributed by atoms with Crippen molar-refractivity contribution in [1.29, 1.82) is 0 Å². The van der Waals surface area contributed by atoms with Crippen LogP contribution < -0.4 is 20.3 Å². The maximum absolute atomic E-state index is 15.1. The SMILES string of the molecule is Cc1nc2c(F)cc(C3=C(F)C=NC(Nc4ccc5c(c4)OC[C@H]4CN(C6CCN(C)CC6)CCN54)N3)cc2n1C(C)C. The molecule has 9 nitrogen and oxygen atoms in total. The number of piperidine rings is 1. The molecule has 0 aliphatic carbocycles. The van der Waals surface area contributed by atoms with Crippen LogP contribution in [0.3, 0.4) is 0 Å². The summed E-state index contributed by atoms with van der Waals surface area (Å²) in [7, 11) is 2.21. The molecular formula is C32H40F2N8O. The number of aromatic nitrogens is 2. The molecule has 4 aliphatic heterocycles. The van der Waals surface area contributed by atoms with Gasteiger partial charge in [0.1, 0.15) is 23.7 Å². The summed E-state index contributed by atoms with van der Waals surface area (Å²) in [5, 5.41) is 6.45. The molecule has 5 heterocycles. The van der Waals surface area contributed by atoms with Crippen LogP contribution in [-0.2, 0) is 0 Å². The van der Waals surface area contributed by atoms with Crippen LogP contribution in [0.15, 0.2) is 41.2 Å². The molecule has 0 bridgehead atoms. The van der Waals surface area contributed by atoms with Crippen LogP contribution >= 0.6 is 0 Å². The number of aryl methyl sites for hydroxylation is 1. The Bertz CT molecular complexity index is 1590. The summed E-state index contributed by atoms with van der Waals surface area (Å²) >= 11 is 0. The molecular weight excluding hydrogens is 550 g/mol. The van der Waals surface area contributed by atoms with E-state index in [2.05, 4.69) is 48.4 Å². The third-order valence-corrected chi connectivity index (χ3v) is 9.31. The number of hydrogen-bond acceptors (Lipinski definition) is 8. The molecule has 7 rings (SSSR count). The van der Waals surface area contributed by atoms with E-state index in [1.807, 2.05) is 37.5 Å². The molecule has 2 atom stereocenters. The number of benzene rings is 2. The maximum atomic E-state index is 15.1. The first-order chi connectivity index (χ1) is 20.7. The number of ether oxygens (including phenoxy) is 1. The fourth-order valence-corrected chi connectivity index (χ4v) is 7.14. The molecule has 43 heavy (non-hydrogen) atoms. The Morgan fingerprint density at radius 1 is 1.05 bits per heavy atom. The third-order valence-electron chi connectivity index (χ3n) is 9.31. The molecule has 2 N–H and O–H groups in total. The number of aliphatic imine (C=N–C) groups is 1. The van der Waals surface area contributed by atoms with E-state index in [-0.39, 0.29) is 17.3 Å². The van der Waals surface area contributed by atoms with Crippen LogP contribution in [0.5, 0.6) is 5.75 Å². The lowest BCUT2D eigenvalue weighted by Gasteiger charge is -2.48. The molecule has 4 aliphatic rings. The summed E-state index contributed by atoms with van der Waals surface area (Å²) in [5.41, 5.74) is 3.41. The minimum absolute atomic E-state index is 0.0818. The summed E-state index contributed by atoms with van der Waals surface area (Å²) in [6.45, 7) is 12.0. The lowest BCUT2D eigenvalue weighted by Crippen LogP contribution is -2.60. The molecule has 3 aromatic rings. The van der Waals surface area contributed by atoms with Crippen molar-refractivity contribution in [2.75, 3.05) is 56.6 Å². The van der Waals surface area contributed by atoms with Gasteiger partial charge in [0.15, 0.2) is 17.9 Å². The van der Waals surface area contributed by atoms with Gasteiger partial charge >= 0.3 is 0 Å². The van der Waals surface area contributed by atoms with E-state index in [0.717, 1.165) is 36.8 Å². The van der Waals surface area contributed by atoms with Crippen LogP contribution in [-0.4, -0.2) is 90.3 Å². The average molecular weight is 591 g/mol. The van der Waals surface area contributed by atoms with Gasteiger partial charge in [-0.1, -0.05) is 0 Å². The zero-order valence-electron chi connectivity index (χ0n) is 25.3. The van der Waals surface area contributed by atoms with Gasteiger partial charge in [0.25, 0.3) is 0 Å². The smallest absolute Gasteiger partial charge is 0.194 e. The Morgan fingerprint density at radius 3 is 2.65 bits per heavy atom. The number of piperazine rings is 1. The molecule has 0 saturated carbocycles. The molecule has 228 valence electrons. The number of likely N-dealkylation sites (tertiary alicyclic amines) is 1. The van der Waals surface area contributed by atoms with Crippen molar-refractivity contribution >= 4 is 34.3 Å². The van der Waals surface area contributed by atoms with Crippen LogP contribution in [0.2, 0.25) is 0 Å². The van der Waals surface area contributed by atoms with Crippen molar-refractivity contribution in [2.45, 2.75) is 58.0 Å². The monoisotopic (exact) mass is 590 g/mol. The van der Waals surface area contributed by atoms with Gasteiger partial charge in [-0.05, 0) is 78.0 Å². The van der Waals surface area contributed by atoms with E-state index in [4.69, 9.17) is 4.74 Å². The topological polar surface area (TPSA) is 73.2 Å². The Labute approximate surface area is 251 Å². The van der Waals surface area contributed by atoms with E-state index < -0.39 is 17.9 Å². The molecule has 11 heteroatoms. The van der Waals surface area contributed by atoms with Gasteiger partial charge in [-0.3, -0.25) is 4.90 Å². The molecule has 0 spiro atoms. The Hall–Kier alpha value is -3.70. The van der Waals surface area contributed by atoms with Crippen molar-refractivity contribution in [2.24, 2.45) is 4.99 Å². The van der Waals surface area contributed by atoms with Crippen molar-refractivity contribution in [3.63, 3.8) is 0 Å². The van der Waals surface area contributed by atoms with Crippen LogP contribution in [0, 0.1) is 12.7 Å². The average Bonchev–Trinajstić information content (AvgIpc) is 3.34. The standard InChI is InChI=1S/C32H40F2N8O/c1-19(2)42-20(3)36-31-25(33)13-21(14-28(31)42)30-26(34)16-35-32(38-30)37-22-5-6-27-29(15-22)43-18-24-17-40(11-12-41(24)27)23-7-9-39(4)10-8-23/h5-6,13-16,19,23-24,32,37-38H,7-12,17-18H2,1-4H3/t24-,32?/m1/s1. The van der Waals surface area contributed by atoms with E-state index >= 15 is 8.78 Å². The molecule has 2 aromatic carbocycles. The number of imidazole rings is 1. The second-order valence-electron chi connectivity index (χ2n) is 12.5. The lowest BCUT2D eigenvalue weighted by molar-refractivity contribution is 0.0868. The highest BCUT2D eigenvalue weighted by Crippen LogP contribution is 2.38. The number of allylic oxidation sites excluding steroid dienone is 1. The van der Waals surface area contributed by atoms with Crippen LogP contribution in [0.1, 0.15) is 44.1 Å². The highest BCUT2D eigenvalue weighted by atomic mass is 19.1. The first-order valence-electron chi connectivity index (χ1n) is 15.4. The van der Waals surface area contributed by atoms with Gasteiger partial charge in [0.05, 0.1) is 29.2 Å². The number of halogens is 2. The minimum Gasteiger partial charge on any atom is -0.489 e. The highest BCUT2D eigenvalue weighted by Gasteiger charge is 2.36. The van der Waals surface area contributed by atoms with Gasteiger partial charge in [0, 0.05) is 49.0 Å². The van der Waals surface area contributed by atoms with Crippen molar-refractivity contribution in [3.05, 3.63) is 53.4 Å². The van der Waals surface area contributed by atoms with E-state index in [1.54, 1.807) is 6.07 Å². The molecule has 1 aromatic heterocycles. The normalized spacial score (nSPS) is 23.4. The van der Waals surface area contributed by atoms with Crippen LogP contribution in [0.25, 0.3) is 16.7 Å². The molecule has 0 amide bonds. The second kappa shape index (κ2) is 11.1. The number of hydrogen-bond donors (Lipinski definition) is 2. The molecule has 0 radical (unpaired) electrons. The third kappa shape index (κ3) is 5.22. The first-order valence-corrected chi connectivity index (χ1v) is 15.4. The summed E-state index contributed by atoms with van der Waals surface area (Å²) in [6.07, 6.45) is 3.01. The van der Waals surface area contributed by atoms with Gasteiger partial charge in [-0.25, -0.2) is 18.8 Å². The molecule has 2 saturated heterocycles. The fourth-order valence-electron chi connectivity index (χ4n) is 7.14. The summed E-state index contributed by atoms with van der Waals surface area (Å²) in [6, 6.07) is 10.3. The van der Waals surface area contributed by atoms with Gasteiger partial charge in [0.2, 0.25) is 0 Å². The lowest BCUT2D eigenvalue weighted by atomic mass is 10.00. The van der Waals surface area contributed by atoms with Crippen molar-refractivity contribution < 1.29 is 13.5 Å². The first kappa shape index (κ1) is 28.1. The number of anilines is 2.